The first-order chi connectivity index (χ1) is 14.2. The van der Waals surface area contributed by atoms with E-state index in [-0.39, 0.29) is 29.6 Å². The average molecular weight is 443 g/mol. The van der Waals surface area contributed by atoms with Crippen LogP contribution in [0.3, 0.4) is 0 Å². The molecule has 0 amide bonds. The third-order valence-electron chi connectivity index (χ3n) is 7.21. The predicted octanol–water partition coefficient (Wildman–Crippen LogP) is 4.76. The van der Waals surface area contributed by atoms with Gasteiger partial charge in [-0.2, -0.15) is 0 Å². The maximum absolute atomic E-state index is 13.1. The van der Waals surface area contributed by atoms with Gasteiger partial charge in [-0.1, -0.05) is 41.0 Å². The van der Waals surface area contributed by atoms with Crippen LogP contribution in [0.4, 0.5) is 0 Å². The molecule has 1 fully saturated rings. The Kier molecular flexibility index (Phi) is 10.2. The van der Waals surface area contributed by atoms with Crippen molar-refractivity contribution in [3.63, 3.8) is 0 Å². The van der Waals surface area contributed by atoms with E-state index in [0.717, 1.165) is 12.8 Å². The summed E-state index contributed by atoms with van der Waals surface area (Å²) in [6, 6.07) is 0. The minimum Gasteiger partial charge on any atom is -0.459 e. The molecule has 6 heteroatoms. The summed E-state index contributed by atoms with van der Waals surface area (Å²) in [6.45, 7) is 17.0. The van der Waals surface area contributed by atoms with Gasteiger partial charge in [-0.3, -0.25) is 9.59 Å². The standard InChI is InChI=1S/C25H46O6/c1-11-12-25(9,31-24(7,8)28)21-14-20(29-10)16(3)13-15(2)17(4)18(5)22(26)19(6)23(27)30-21/h15-21,28H,11-14H2,1-10H3/t15-,16?,17?,18+,19?,20?,21+,25+/m0/s1. The van der Waals surface area contributed by atoms with Gasteiger partial charge >= 0.3 is 5.97 Å². The molecule has 0 aromatic rings. The highest BCUT2D eigenvalue weighted by Crippen LogP contribution is 2.37. The topological polar surface area (TPSA) is 82.1 Å². The molecule has 0 aromatic heterocycles. The molecule has 4 unspecified atom stereocenters. The monoisotopic (exact) mass is 442 g/mol. The van der Waals surface area contributed by atoms with Crippen molar-refractivity contribution in [1.82, 2.24) is 0 Å². The Morgan fingerprint density at radius 3 is 2.10 bits per heavy atom. The molecular formula is C25H46O6. The summed E-state index contributed by atoms with van der Waals surface area (Å²) >= 11 is 0. The molecule has 0 saturated carbocycles. The molecule has 1 aliphatic rings. The Morgan fingerprint density at radius 1 is 1.03 bits per heavy atom. The number of cyclic esters (lactones) is 1. The summed E-state index contributed by atoms with van der Waals surface area (Å²) < 4.78 is 17.9. The number of carbonyl (C=O) groups is 2. The first-order valence-electron chi connectivity index (χ1n) is 11.9. The molecule has 1 aliphatic heterocycles. The number of ether oxygens (including phenoxy) is 3. The van der Waals surface area contributed by atoms with Gasteiger partial charge in [0.25, 0.3) is 0 Å². The first kappa shape index (κ1) is 28.1. The highest BCUT2D eigenvalue weighted by Gasteiger charge is 2.45. The van der Waals surface area contributed by atoms with Crippen LogP contribution in [-0.4, -0.2) is 47.6 Å². The largest absolute Gasteiger partial charge is 0.459 e. The van der Waals surface area contributed by atoms with Crippen LogP contribution in [0.25, 0.3) is 0 Å². The lowest BCUT2D eigenvalue weighted by atomic mass is 9.75. The summed E-state index contributed by atoms with van der Waals surface area (Å²) in [4.78, 5) is 26.1. The molecule has 0 radical (unpaired) electrons. The Balaban J connectivity index is 3.43. The van der Waals surface area contributed by atoms with Crippen LogP contribution in [0.15, 0.2) is 0 Å². The van der Waals surface area contributed by atoms with Gasteiger partial charge in [0.1, 0.15) is 23.4 Å². The molecule has 6 nitrogen and oxygen atoms in total. The Labute approximate surface area is 189 Å². The second-order valence-electron chi connectivity index (χ2n) is 10.5. The Bertz CT molecular complexity index is 597. The zero-order valence-electron chi connectivity index (χ0n) is 21.4. The second kappa shape index (κ2) is 11.2. The number of hydrogen-bond acceptors (Lipinski definition) is 6. The fourth-order valence-electron chi connectivity index (χ4n) is 5.00. The molecule has 0 bridgehead atoms. The lowest BCUT2D eigenvalue weighted by molar-refractivity contribution is -0.274. The van der Waals surface area contributed by atoms with Crippen molar-refractivity contribution in [3.8, 4) is 0 Å². The van der Waals surface area contributed by atoms with Crippen LogP contribution in [-0.2, 0) is 23.8 Å². The molecule has 0 aromatic carbocycles. The van der Waals surface area contributed by atoms with Crippen molar-refractivity contribution in [1.29, 1.82) is 0 Å². The van der Waals surface area contributed by atoms with Crippen molar-refractivity contribution < 1.29 is 28.9 Å². The molecule has 0 spiro atoms. The lowest BCUT2D eigenvalue weighted by Crippen LogP contribution is -2.52. The summed E-state index contributed by atoms with van der Waals surface area (Å²) in [7, 11) is 1.68. The predicted molar refractivity (Wildman–Crippen MR) is 121 cm³/mol. The van der Waals surface area contributed by atoms with Gasteiger partial charge in [0.05, 0.1) is 6.10 Å². The van der Waals surface area contributed by atoms with Crippen molar-refractivity contribution in [2.45, 2.75) is 112 Å². The van der Waals surface area contributed by atoms with E-state index in [4.69, 9.17) is 14.2 Å². The van der Waals surface area contributed by atoms with Crippen LogP contribution < -0.4 is 0 Å². The smallest absolute Gasteiger partial charge is 0.316 e. The number of carbonyl (C=O) groups excluding carboxylic acids is 2. The van der Waals surface area contributed by atoms with Crippen molar-refractivity contribution >= 4 is 11.8 Å². The second-order valence-corrected chi connectivity index (χ2v) is 10.5. The van der Waals surface area contributed by atoms with E-state index in [0.29, 0.717) is 18.8 Å². The van der Waals surface area contributed by atoms with E-state index in [9.17, 15) is 14.7 Å². The van der Waals surface area contributed by atoms with E-state index in [2.05, 4.69) is 20.8 Å². The van der Waals surface area contributed by atoms with Crippen LogP contribution in [0, 0.1) is 29.6 Å². The molecule has 1 heterocycles. The fraction of sp³-hybridized carbons (Fsp3) is 0.920. The summed E-state index contributed by atoms with van der Waals surface area (Å²) in [5.74, 6) is -2.43. The normalized spacial score (nSPS) is 36.2. The van der Waals surface area contributed by atoms with E-state index >= 15 is 0 Å². The fourth-order valence-corrected chi connectivity index (χ4v) is 5.00. The SMILES string of the molecule is CCC[C@@](C)(OC(C)(C)O)[C@H]1CC(OC)C(C)C[C@H](C)C(C)[C@@H](C)C(=O)C(C)C(=O)O1. The van der Waals surface area contributed by atoms with Crippen LogP contribution in [0.5, 0.6) is 0 Å². The number of Topliss-reactive ketones (excluding diaryl/α,β-unsaturated/α-hetero) is 1. The van der Waals surface area contributed by atoms with E-state index in [1.807, 2.05) is 20.8 Å². The van der Waals surface area contributed by atoms with Gasteiger partial charge in [0.15, 0.2) is 5.79 Å². The first-order valence-corrected chi connectivity index (χ1v) is 11.9. The number of ketones is 1. The van der Waals surface area contributed by atoms with E-state index in [1.54, 1.807) is 27.9 Å². The third-order valence-corrected chi connectivity index (χ3v) is 7.21. The zero-order valence-corrected chi connectivity index (χ0v) is 21.4. The van der Waals surface area contributed by atoms with Gasteiger partial charge in [-0.15, -0.1) is 0 Å². The van der Waals surface area contributed by atoms with Gasteiger partial charge in [-0.05, 0) is 58.3 Å². The molecule has 31 heavy (non-hydrogen) atoms. The van der Waals surface area contributed by atoms with Crippen molar-refractivity contribution in [2.24, 2.45) is 29.6 Å². The molecule has 0 aliphatic carbocycles. The van der Waals surface area contributed by atoms with Crippen LogP contribution in [0.1, 0.15) is 88.0 Å². The van der Waals surface area contributed by atoms with Gasteiger partial charge in [-0.25, -0.2) is 0 Å². The van der Waals surface area contributed by atoms with E-state index in [1.165, 1.54) is 0 Å². The number of esters is 1. The minimum atomic E-state index is -1.39. The number of rotatable bonds is 6. The summed E-state index contributed by atoms with van der Waals surface area (Å²) in [5, 5.41) is 10.4. The van der Waals surface area contributed by atoms with Crippen LogP contribution >= 0.6 is 0 Å². The maximum Gasteiger partial charge on any atom is 0.316 e. The average Bonchev–Trinajstić information content (AvgIpc) is 2.66. The summed E-state index contributed by atoms with van der Waals surface area (Å²) in [6.07, 6.45) is 1.92. The Morgan fingerprint density at radius 2 is 1.61 bits per heavy atom. The van der Waals surface area contributed by atoms with Gasteiger partial charge in [0.2, 0.25) is 0 Å². The quantitative estimate of drug-likeness (QED) is 0.363. The minimum absolute atomic E-state index is 0.0831. The number of methoxy groups -OCH3 is 1. The van der Waals surface area contributed by atoms with Crippen molar-refractivity contribution in [3.05, 3.63) is 0 Å². The lowest BCUT2D eigenvalue weighted by Gasteiger charge is -2.43. The van der Waals surface area contributed by atoms with Gasteiger partial charge < -0.3 is 19.3 Å². The highest BCUT2D eigenvalue weighted by molar-refractivity contribution is 5.99. The summed E-state index contributed by atoms with van der Waals surface area (Å²) in [5.41, 5.74) is -0.920. The molecular weight excluding hydrogens is 396 g/mol. The van der Waals surface area contributed by atoms with Gasteiger partial charge in [0, 0.05) is 19.4 Å². The highest BCUT2D eigenvalue weighted by atomic mass is 16.7. The number of aliphatic hydroxyl groups is 1. The van der Waals surface area contributed by atoms with Crippen molar-refractivity contribution in [2.75, 3.05) is 7.11 Å². The Hall–Kier alpha value is -0.980. The maximum atomic E-state index is 13.1. The molecule has 1 saturated heterocycles. The number of hydrogen-bond donors (Lipinski definition) is 1. The van der Waals surface area contributed by atoms with E-state index < -0.39 is 29.4 Å². The zero-order chi connectivity index (χ0) is 24.1. The molecule has 1 N–H and O–H groups in total. The third kappa shape index (κ3) is 7.54. The molecule has 1 rings (SSSR count). The molecule has 8 atom stereocenters. The van der Waals surface area contributed by atoms with Crippen LogP contribution in [0.2, 0.25) is 0 Å². The molecule has 182 valence electrons.